The third kappa shape index (κ3) is 3.44. The number of hydrogen-bond acceptors (Lipinski definition) is 2. The van der Waals surface area contributed by atoms with Gasteiger partial charge in [-0.05, 0) is 44.2 Å². The zero-order chi connectivity index (χ0) is 14.5. The van der Waals surface area contributed by atoms with E-state index < -0.39 is 0 Å². The lowest BCUT2D eigenvalue weighted by molar-refractivity contribution is 0.141. The largest absolute Gasteiger partial charge is 0.396 e. The monoisotopic (exact) mass is 296 g/mol. The summed E-state index contributed by atoms with van der Waals surface area (Å²) in [6.45, 7) is 2.77. The summed E-state index contributed by atoms with van der Waals surface area (Å²) < 4.78 is 0. The van der Waals surface area contributed by atoms with Gasteiger partial charge >= 0.3 is 6.03 Å². The number of rotatable bonds is 3. The number of nitrogens with zero attached hydrogens (tertiary/aromatic N) is 1. The highest BCUT2D eigenvalue weighted by atomic mass is 35.5. The van der Waals surface area contributed by atoms with Crippen molar-refractivity contribution in [1.82, 2.24) is 4.90 Å². The lowest BCUT2D eigenvalue weighted by atomic mass is 10.00. The average molecular weight is 297 g/mol. The van der Waals surface area contributed by atoms with E-state index >= 15 is 0 Å². The summed E-state index contributed by atoms with van der Waals surface area (Å²) in [5.41, 5.74) is 1.62. The van der Waals surface area contributed by atoms with Crippen molar-refractivity contribution in [2.45, 2.75) is 38.6 Å². The molecule has 0 aliphatic carbocycles. The van der Waals surface area contributed by atoms with Crippen molar-refractivity contribution in [3.8, 4) is 0 Å². The van der Waals surface area contributed by atoms with E-state index in [9.17, 15) is 4.79 Å². The topological polar surface area (TPSA) is 52.6 Å². The Morgan fingerprint density at radius 3 is 3.00 bits per heavy atom. The van der Waals surface area contributed by atoms with E-state index in [0.29, 0.717) is 17.1 Å². The number of benzene rings is 1. The highest BCUT2D eigenvalue weighted by Gasteiger charge is 2.26. The van der Waals surface area contributed by atoms with Gasteiger partial charge in [-0.1, -0.05) is 23.7 Å². The number of hydrogen-bond donors (Lipinski definition) is 2. The van der Waals surface area contributed by atoms with Crippen molar-refractivity contribution >= 4 is 23.3 Å². The summed E-state index contributed by atoms with van der Waals surface area (Å²) in [4.78, 5) is 14.3. The summed E-state index contributed by atoms with van der Waals surface area (Å²) in [6.07, 6.45) is 3.71. The predicted octanol–water partition coefficient (Wildman–Crippen LogP) is 3.42. The lowest BCUT2D eigenvalue weighted by Gasteiger charge is -2.35. The van der Waals surface area contributed by atoms with Crippen molar-refractivity contribution in [2.75, 3.05) is 18.5 Å². The van der Waals surface area contributed by atoms with Crippen molar-refractivity contribution in [3.63, 3.8) is 0 Å². The van der Waals surface area contributed by atoms with Gasteiger partial charge in [-0.25, -0.2) is 4.79 Å². The molecule has 1 aliphatic heterocycles. The molecule has 1 aromatic carbocycles. The first kappa shape index (κ1) is 15.1. The maximum atomic E-state index is 12.4. The molecular formula is C15H21ClN2O2. The summed E-state index contributed by atoms with van der Waals surface area (Å²) >= 11 is 6.14. The second-order valence-corrected chi connectivity index (χ2v) is 5.62. The van der Waals surface area contributed by atoms with Crippen LogP contribution in [0.3, 0.4) is 0 Å². The molecule has 1 atom stereocenters. The Hall–Kier alpha value is -1.26. The molecule has 2 amide bonds. The summed E-state index contributed by atoms with van der Waals surface area (Å²) in [5, 5.41) is 12.6. The highest BCUT2D eigenvalue weighted by Crippen LogP contribution is 2.27. The van der Waals surface area contributed by atoms with Gasteiger partial charge in [0, 0.05) is 19.2 Å². The molecule has 5 heteroatoms. The zero-order valence-electron chi connectivity index (χ0n) is 11.7. The number of para-hydroxylation sites is 1. The number of likely N-dealkylation sites (tertiary alicyclic amines) is 1. The van der Waals surface area contributed by atoms with Crippen LogP contribution in [-0.4, -0.2) is 35.2 Å². The molecule has 1 heterocycles. The van der Waals surface area contributed by atoms with Crippen LogP contribution in [0, 0.1) is 6.92 Å². The van der Waals surface area contributed by atoms with Gasteiger partial charge in [0.15, 0.2) is 0 Å². The van der Waals surface area contributed by atoms with Crippen LogP contribution < -0.4 is 5.32 Å². The van der Waals surface area contributed by atoms with Gasteiger partial charge in [0.25, 0.3) is 0 Å². The Morgan fingerprint density at radius 2 is 2.30 bits per heavy atom. The van der Waals surface area contributed by atoms with Crippen molar-refractivity contribution in [3.05, 3.63) is 28.8 Å². The number of aliphatic hydroxyl groups is 1. The van der Waals surface area contributed by atoms with Gasteiger partial charge in [0.05, 0.1) is 10.7 Å². The lowest BCUT2D eigenvalue weighted by Crippen LogP contribution is -2.46. The van der Waals surface area contributed by atoms with Crippen molar-refractivity contribution < 1.29 is 9.90 Å². The van der Waals surface area contributed by atoms with E-state index in [1.165, 1.54) is 0 Å². The molecule has 0 saturated carbocycles. The van der Waals surface area contributed by atoms with Crippen molar-refractivity contribution in [1.29, 1.82) is 0 Å². The molecule has 2 rings (SSSR count). The molecule has 0 spiro atoms. The number of halogens is 1. The third-order valence-corrected chi connectivity index (χ3v) is 4.12. The third-order valence-electron chi connectivity index (χ3n) is 3.80. The molecule has 1 aromatic rings. The van der Waals surface area contributed by atoms with Gasteiger partial charge in [-0.2, -0.15) is 0 Å². The summed E-state index contributed by atoms with van der Waals surface area (Å²) in [7, 11) is 0. The number of nitrogens with one attached hydrogen (secondary N) is 1. The number of piperidine rings is 1. The maximum absolute atomic E-state index is 12.4. The Bertz CT molecular complexity index is 457. The van der Waals surface area contributed by atoms with Crippen LogP contribution in [0.25, 0.3) is 0 Å². The van der Waals surface area contributed by atoms with E-state index in [2.05, 4.69) is 5.32 Å². The minimum absolute atomic E-state index is 0.111. The number of carbonyl (C=O) groups is 1. The second-order valence-electron chi connectivity index (χ2n) is 5.22. The van der Waals surface area contributed by atoms with E-state index in [1.54, 1.807) is 6.07 Å². The number of aryl methyl sites for hydroxylation is 1. The number of aliphatic hydroxyl groups excluding tert-OH is 1. The number of anilines is 1. The molecule has 110 valence electrons. The maximum Gasteiger partial charge on any atom is 0.322 e. The fourth-order valence-corrected chi connectivity index (χ4v) is 2.96. The Kier molecular flexibility index (Phi) is 5.26. The Labute approximate surface area is 124 Å². The molecule has 0 aromatic heterocycles. The molecule has 1 aliphatic rings. The number of urea groups is 1. The molecule has 4 nitrogen and oxygen atoms in total. The molecule has 2 N–H and O–H groups in total. The summed E-state index contributed by atoms with van der Waals surface area (Å²) in [5.74, 6) is 0. The van der Waals surface area contributed by atoms with E-state index in [-0.39, 0.29) is 18.7 Å². The van der Waals surface area contributed by atoms with Crippen LogP contribution in [0.2, 0.25) is 5.02 Å². The molecule has 0 unspecified atom stereocenters. The fraction of sp³-hybridized carbons (Fsp3) is 0.533. The van der Waals surface area contributed by atoms with Gasteiger partial charge in [-0.3, -0.25) is 0 Å². The van der Waals surface area contributed by atoms with Crippen LogP contribution in [0.4, 0.5) is 10.5 Å². The highest BCUT2D eigenvalue weighted by molar-refractivity contribution is 6.33. The standard InChI is InChI=1S/C15H21ClN2O2/c1-11-5-4-7-13(16)14(11)17-15(20)18-9-3-2-6-12(18)8-10-19/h4-5,7,12,19H,2-3,6,8-10H2,1H3,(H,17,20)/t12-/m0/s1. The van der Waals surface area contributed by atoms with E-state index in [0.717, 1.165) is 31.4 Å². The molecule has 1 fully saturated rings. The van der Waals surface area contributed by atoms with E-state index in [1.807, 2.05) is 24.0 Å². The van der Waals surface area contributed by atoms with Crippen LogP contribution in [0.5, 0.6) is 0 Å². The first-order chi connectivity index (χ1) is 9.63. The van der Waals surface area contributed by atoms with Gasteiger partial charge < -0.3 is 15.3 Å². The fourth-order valence-electron chi connectivity index (χ4n) is 2.69. The van der Waals surface area contributed by atoms with Crippen LogP contribution in [0.1, 0.15) is 31.2 Å². The minimum Gasteiger partial charge on any atom is -0.396 e. The second kappa shape index (κ2) is 6.95. The molecular weight excluding hydrogens is 276 g/mol. The quantitative estimate of drug-likeness (QED) is 0.898. The molecule has 20 heavy (non-hydrogen) atoms. The Morgan fingerprint density at radius 1 is 1.50 bits per heavy atom. The van der Waals surface area contributed by atoms with Crippen LogP contribution in [-0.2, 0) is 0 Å². The number of carbonyl (C=O) groups excluding carboxylic acids is 1. The summed E-state index contributed by atoms with van der Waals surface area (Å²) in [6, 6.07) is 5.55. The van der Waals surface area contributed by atoms with Crippen LogP contribution >= 0.6 is 11.6 Å². The zero-order valence-corrected chi connectivity index (χ0v) is 12.5. The Balaban J connectivity index is 2.10. The first-order valence-electron chi connectivity index (χ1n) is 7.07. The molecule has 0 radical (unpaired) electrons. The van der Waals surface area contributed by atoms with Gasteiger partial charge in [0.2, 0.25) is 0 Å². The van der Waals surface area contributed by atoms with Crippen molar-refractivity contribution in [2.24, 2.45) is 0 Å². The SMILES string of the molecule is Cc1cccc(Cl)c1NC(=O)N1CCCC[C@H]1CCO. The van der Waals surface area contributed by atoms with Crippen LogP contribution in [0.15, 0.2) is 18.2 Å². The molecule has 0 bridgehead atoms. The minimum atomic E-state index is -0.126. The normalized spacial score (nSPS) is 18.9. The first-order valence-corrected chi connectivity index (χ1v) is 7.45. The smallest absolute Gasteiger partial charge is 0.322 e. The average Bonchev–Trinajstić information content (AvgIpc) is 2.44. The predicted molar refractivity (Wildman–Crippen MR) is 81.3 cm³/mol. The number of amides is 2. The van der Waals surface area contributed by atoms with E-state index in [4.69, 9.17) is 16.7 Å². The van der Waals surface area contributed by atoms with Gasteiger partial charge in [-0.15, -0.1) is 0 Å². The van der Waals surface area contributed by atoms with Gasteiger partial charge in [0.1, 0.15) is 0 Å². The molecule has 1 saturated heterocycles.